The fraction of sp³-hybridized carbons (Fsp3) is 0.484. The van der Waals surface area contributed by atoms with Gasteiger partial charge in [-0.1, -0.05) is 37.9 Å². The highest BCUT2D eigenvalue weighted by Gasteiger charge is 2.32. The van der Waals surface area contributed by atoms with Gasteiger partial charge in [0.25, 0.3) is 0 Å². The number of unbranched alkanes of at least 4 members (excludes halogenated alkanes) is 1. The molecule has 2 aliphatic rings. The maximum absolute atomic E-state index is 12.0. The molecule has 198 valence electrons. The average molecular weight is 521 g/mol. The van der Waals surface area contributed by atoms with Crippen LogP contribution in [0, 0.1) is 19.3 Å². The van der Waals surface area contributed by atoms with Crippen molar-refractivity contribution in [1.29, 1.82) is 0 Å². The lowest BCUT2D eigenvalue weighted by Gasteiger charge is -2.37. The van der Waals surface area contributed by atoms with Crippen LogP contribution in [0.25, 0.3) is 16.7 Å². The molecule has 0 atom stereocenters. The highest BCUT2D eigenvalue weighted by atomic mass is 32.2. The van der Waals surface area contributed by atoms with Crippen LogP contribution in [0.1, 0.15) is 73.8 Å². The fourth-order valence-electron chi connectivity index (χ4n) is 5.92. The lowest BCUT2D eigenvalue weighted by atomic mass is 9.73. The number of allylic oxidation sites excluding steroid dienone is 2. The Labute approximate surface area is 226 Å². The van der Waals surface area contributed by atoms with Crippen LogP contribution in [-0.4, -0.2) is 37.2 Å². The molecular formula is C31H40N2O3S. The second-order valence-corrected chi connectivity index (χ2v) is 12.1. The van der Waals surface area contributed by atoms with Gasteiger partial charge < -0.3 is 19.1 Å². The molecule has 4 rings (SSSR count). The van der Waals surface area contributed by atoms with Gasteiger partial charge in [-0.3, -0.25) is 4.79 Å². The Morgan fingerprint density at radius 1 is 1.22 bits per heavy atom. The van der Waals surface area contributed by atoms with Crippen molar-refractivity contribution in [3.8, 4) is 11.1 Å². The minimum Gasteiger partial charge on any atom is -0.481 e. The summed E-state index contributed by atoms with van der Waals surface area (Å²) in [5, 5.41) is 9.87. The van der Waals surface area contributed by atoms with Crippen LogP contribution in [-0.2, 0) is 22.6 Å². The molecule has 1 heterocycles. The number of anilines is 2. The Balaban J connectivity index is 1.90. The topological polar surface area (TPSA) is 60.9 Å². The minimum absolute atomic E-state index is 0.0373. The molecule has 1 aliphatic carbocycles. The van der Waals surface area contributed by atoms with Gasteiger partial charge in [-0.2, -0.15) is 0 Å². The number of carboxylic acid groups (broad SMARTS) is 1. The molecule has 0 saturated heterocycles. The van der Waals surface area contributed by atoms with E-state index in [0.717, 1.165) is 73.1 Å². The van der Waals surface area contributed by atoms with Gasteiger partial charge in [0.2, 0.25) is 0 Å². The van der Waals surface area contributed by atoms with Gasteiger partial charge >= 0.3 is 5.97 Å². The van der Waals surface area contributed by atoms with E-state index < -0.39 is 5.97 Å². The zero-order valence-corrected chi connectivity index (χ0v) is 23.9. The van der Waals surface area contributed by atoms with Crippen molar-refractivity contribution < 1.29 is 14.7 Å². The van der Waals surface area contributed by atoms with Crippen molar-refractivity contribution >= 4 is 41.2 Å². The molecule has 1 N–H and O–H groups in total. The summed E-state index contributed by atoms with van der Waals surface area (Å²) in [5.74, 6) is -0.783. The van der Waals surface area contributed by atoms with Crippen LogP contribution in [0.5, 0.6) is 0 Å². The van der Waals surface area contributed by atoms with Crippen LogP contribution >= 0.6 is 11.9 Å². The van der Waals surface area contributed by atoms with Crippen LogP contribution in [0.15, 0.2) is 24.3 Å². The number of benzene rings is 2. The number of carbonyl (C=O) groups excluding carboxylic acids is 1. The van der Waals surface area contributed by atoms with Crippen molar-refractivity contribution in [2.75, 3.05) is 29.1 Å². The van der Waals surface area contributed by atoms with Crippen molar-refractivity contribution in [2.24, 2.45) is 5.41 Å². The number of nitrogens with zero attached hydrogens (tertiary/aromatic N) is 2. The summed E-state index contributed by atoms with van der Waals surface area (Å²) in [7, 11) is 2.08. The first kappa shape index (κ1) is 27.3. The van der Waals surface area contributed by atoms with E-state index in [1.165, 1.54) is 27.8 Å². The monoisotopic (exact) mass is 520 g/mol. The second kappa shape index (κ2) is 10.9. The largest absolute Gasteiger partial charge is 0.481 e. The van der Waals surface area contributed by atoms with Gasteiger partial charge in [-0.15, -0.1) is 0 Å². The van der Waals surface area contributed by atoms with E-state index in [1.807, 2.05) is 0 Å². The lowest BCUT2D eigenvalue weighted by molar-refractivity contribution is -0.136. The van der Waals surface area contributed by atoms with Gasteiger partial charge in [0.05, 0.1) is 18.7 Å². The summed E-state index contributed by atoms with van der Waals surface area (Å²) in [5.41, 5.74) is 12.0. The van der Waals surface area contributed by atoms with Crippen molar-refractivity contribution in [2.45, 2.75) is 72.8 Å². The molecule has 6 heteroatoms. The lowest BCUT2D eigenvalue weighted by Crippen LogP contribution is -2.24. The maximum Gasteiger partial charge on any atom is 0.307 e. The summed E-state index contributed by atoms with van der Waals surface area (Å²) < 4.78 is 2.32. The molecule has 0 radical (unpaired) electrons. The first-order valence-corrected chi connectivity index (χ1v) is 14.4. The Bertz CT molecular complexity index is 1250. The highest BCUT2D eigenvalue weighted by Crippen LogP contribution is 2.51. The Morgan fingerprint density at radius 2 is 1.97 bits per heavy atom. The molecule has 5 nitrogen and oxygen atoms in total. The first-order chi connectivity index (χ1) is 17.6. The minimum atomic E-state index is -0.783. The third-order valence-corrected chi connectivity index (χ3v) is 8.87. The number of carbonyl (C=O) groups is 2. The van der Waals surface area contributed by atoms with E-state index in [4.69, 9.17) is 0 Å². The molecule has 0 spiro atoms. The highest BCUT2D eigenvalue weighted by molar-refractivity contribution is 7.99. The van der Waals surface area contributed by atoms with E-state index in [1.54, 1.807) is 11.9 Å². The molecule has 2 aromatic rings. The standard InChI is InChI=1S/C31H40N2O3S/c1-20-26(18-27(35)36)28(22-11-13-31(3,4)14-12-22)21(2)29-25-10-9-24(32(5)15-7-8-16-34)17-23(25)19-33(37-6)30(20)29/h9-11,16-17H,7-8,12-15,18-19H2,1-6H3,(H,35,36). The van der Waals surface area contributed by atoms with E-state index in [9.17, 15) is 14.7 Å². The van der Waals surface area contributed by atoms with Crippen molar-refractivity contribution in [1.82, 2.24) is 0 Å². The molecule has 0 fully saturated rings. The zero-order valence-electron chi connectivity index (χ0n) is 23.1. The number of aldehydes is 1. The van der Waals surface area contributed by atoms with Crippen LogP contribution in [0.4, 0.5) is 11.4 Å². The van der Waals surface area contributed by atoms with E-state index in [-0.39, 0.29) is 11.8 Å². The summed E-state index contributed by atoms with van der Waals surface area (Å²) >= 11 is 1.69. The second-order valence-electron chi connectivity index (χ2n) is 11.3. The number of hydrogen-bond acceptors (Lipinski definition) is 5. The Kier molecular flexibility index (Phi) is 8.08. The Morgan fingerprint density at radius 3 is 2.59 bits per heavy atom. The zero-order chi connectivity index (χ0) is 26.9. The molecule has 0 unspecified atom stereocenters. The predicted octanol–water partition coefficient (Wildman–Crippen LogP) is 7.20. The first-order valence-electron chi connectivity index (χ1n) is 13.2. The number of rotatable bonds is 9. The van der Waals surface area contributed by atoms with Crippen LogP contribution < -0.4 is 9.21 Å². The summed E-state index contributed by atoms with van der Waals surface area (Å²) in [6.07, 6.45) is 9.99. The van der Waals surface area contributed by atoms with Crippen molar-refractivity contribution in [3.05, 3.63) is 52.1 Å². The molecule has 0 aromatic heterocycles. The van der Waals surface area contributed by atoms with E-state index in [2.05, 4.69) is 74.5 Å². The summed E-state index contributed by atoms with van der Waals surface area (Å²) in [6, 6.07) is 6.70. The molecule has 37 heavy (non-hydrogen) atoms. The Hall–Kier alpha value is -2.73. The third-order valence-electron chi connectivity index (χ3n) is 8.12. The summed E-state index contributed by atoms with van der Waals surface area (Å²) in [4.78, 5) is 25.0. The molecule has 2 aromatic carbocycles. The smallest absolute Gasteiger partial charge is 0.307 e. The van der Waals surface area contributed by atoms with E-state index in [0.29, 0.717) is 6.42 Å². The third kappa shape index (κ3) is 5.45. The molecule has 0 amide bonds. The quantitative estimate of drug-likeness (QED) is 0.214. The van der Waals surface area contributed by atoms with Crippen LogP contribution in [0.2, 0.25) is 0 Å². The normalized spacial score (nSPS) is 16.1. The number of fused-ring (bicyclic) bond motifs is 3. The van der Waals surface area contributed by atoms with Crippen LogP contribution in [0.3, 0.4) is 0 Å². The van der Waals surface area contributed by atoms with Crippen molar-refractivity contribution in [3.63, 3.8) is 0 Å². The number of carboxylic acids is 1. The van der Waals surface area contributed by atoms with Gasteiger partial charge in [-0.25, -0.2) is 0 Å². The fourth-order valence-corrected chi connectivity index (χ4v) is 6.60. The predicted molar refractivity (Wildman–Crippen MR) is 157 cm³/mol. The number of aliphatic carboxylic acids is 1. The number of hydrogen-bond donors (Lipinski definition) is 1. The van der Waals surface area contributed by atoms with Gasteiger partial charge in [-0.05, 0) is 96.0 Å². The van der Waals surface area contributed by atoms with Gasteiger partial charge in [0.15, 0.2) is 0 Å². The summed E-state index contributed by atoms with van der Waals surface area (Å²) in [6.45, 7) is 10.5. The van der Waals surface area contributed by atoms with Gasteiger partial charge in [0.1, 0.15) is 6.29 Å². The maximum atomic E-state index is 12.0. The molecule has 1 aliphatic heterocycles. The van der Waals surface area contributed by atoms with E-state index >= 15 is 0 Å². The molecule has 0 bridgehead atoms. The van der Waals surface area contributed by atoms with Gasteiger partial charge in [0, 0.05) is 37.5 Å². The average Bonchev–Trinajstić information content (AvgIpc) is 2.86. The molecular weight excluding hydrogens is 480 g/mol. The molecule has 0 saturated carbocycles. The SMILES string of the molecule is CSN1Cc2cc(N(C)CCCC=O)ccc2-c2c(C)c(C3=CCC(C)(C)CC3)c(CC(=O)O)c(C)c21.